The Balaban J connectivity index is 0.962. The van der Waals surface area contributed by atoms with Gasteiger partial charge >= 0.3 is 0 Å². The minimum atomic E-state index is 0.870. The van der Waals surface area contributed by atoms with Crippen molar-refractivity contribution in [3.63, 3.8) is 0 Å². The van der Waals surface area contributed by atoms with Gasteiger partial charge in [0.25, 0.3) is 0 Å². The van der Waals surface area contributed by atoms with Gasteiger partial charge in [-0.1, -0.05) is 164 Å². The molecular formula is C55H36N2. The molecule has 0 amide bonds. The number of aromatic nitrogens is 2. The van der Waals surface area contributed by atoms with Crippen molar-refractivity contribution >= 4 is 53.9 Å². The van der Waals surface area contributed by atoms with Gasteiger partial charge < -0.3 is 0 Å². The fourth-order valence-corrected chi connectivity index (χ4v) is 8.95. The Morgan fingerprint density at radius 2 is 0.895 bits per heavy atom. The van der Waals surface area contributed by atoms with E-state index in [0.29, 0.717) is 0 Å². The van der Waals surface area contributed by atoms with Gasteiger partial charge in [-0.3, -0.25) is 9.97 Å². The van der Waals surface area contributed by atoms with Crippen LogP contribution in [0.2, 0.25) is 0 Å². The number of nitrogens with zero attached hydrogens (tertiary/aromatic N) is 2. The molecule has 0 unspecified atom stereocenters. The van der Waals surface area contributed by atoms with E-state index in [1.165, 1.54) is 98.4 Å². The van der Waals surface area contributed by atoms with Crippen LogP contribution in [0.25, 0.3) is 110 Å². The third-order valence-electron chi connectivity index (χ3n) is 11.7. The SMILES string of the molecule is Cc1cccc2ccc3cccc(-c4cccc5ccc6cc(-c7ccc(-c8ccc(-c9ccc(-c%10ccccn%10)nc9)c9ccccc89)cc7)ccc6c45)c3c12. The average molecular weight is 725 g/mol. The molecule has 0 saturated heterocycles. The van der Waals surface area contributed by atoms with Crippen LogP contribution in [0.1, 0.15) is 5.56 Å². The van der Waals surface area contributed by atoms with E-state index in [9.17, 15) is 0 Å². The van der Waals surface area contributed by atoms with Crippen LogP contribution in [0.3, 0.4) is 0 Å². The van der Waals surface area contributed by atoms with Crippen molar-refractivity contribution in [2.45, 2.75) is 6.92 Å². The summed E-state index contributed by atoms with van der Waals surface area (Å²) >= 11 is 0. The summed E-state index contributed by atoms with van der Waals surface area (Å²) in [4.78, 5) is 9.23. The number of pyridine rings is 2. The van der Waals surface area contributed by atoms with Gasteiger partial charge in [-0.05, 0) is 130 Å². The van der Waals surface area contributed by atoms with Crippen molar-refractivity contribution < 1.29 is 0 Å². The van der Waals surface area contributed by atoms with Crippen LogP contribution in [0.4, 0.5) is 0 Å². The normalized spacial score (nSPS) is 11.6. The van der Waals surface area contributed by atoms with E-state index >= 15 is 0 Å². The van der Waals surface area contributed by atoms with Crippen molar-refractivity contribution in [2.24, 2.45) is 0 Å². The van der Waals surface area contributed by atoms with Gasteiger partial charge in [0.1, 0.15) is 0 Å². The van der Waals surface area contributed by atoms with E-state index < -0.39 is 0 Å². The number of fused-ring (bicyclic) bond motifs is 7. The molecule has 0 aliphatic carbocycles. The fraction of sp³-hybridized carbons (Fsp3) is 0.0182. The fourth-order valence-electron chi connectivity index (χ4n) is 8.95. The molecule has 9 aromatic carbocycles. The first-order valence-electron chi connectivity index (χ1n) is 19.6. The summed E-state index contributed by atoms with van der Waals surface area (Å²) < 4.78 is 0. The van der Waals surface area contributed by atoms with Crippen molar-refractivity contribution in [3.8, 4) is 55.9 Å². The van der Waals surface area contributed by atoms with E-state index in [1.807, 2.05) is 24.4 Å². The second kappa shape index (κ2) is 13.4. The highest BCUT2D eigenvalue weighted by Crippen LogP contribution is 2.42. The first kappa shape index (κ1) is 33.0. The molecule has 0 radical (unpaired) electrons. The molecule has 11 aromatic rings. The summed E-state index contributed by atoms with van der Waals surface area (Å²) in [6.07, 6.45) is 3.76. The van der Waals surface area contributed by atoms with Crippen LogP contribution in [0.15, 0.2) is 200 Å². The maximum Gasteiger partial charge on any atom is 0.0886 e. The van der Waals surface area contributed by atoms with E-state index in [2.05, 4.69) is 182 Å². The van der Waals surface area contributed by atoms with Gasteiger partial charge in [0.15, 0.2) is 0 Å². The Morgan fingerprint density at radius 1 is 0.316 bits per heavy atom. The van der Waals surface area contributed by atoms with Crippen LogP contribution in [-0.4, -0.2) is 9.97 Å². The van der Waals surface area contributed by atoms with Crippen LogP contribution in [0, 0.1) is 6.92 Å². The Labute approximate surface area is 331 Å². The number of hydrogen-bond acceptors (Lipinski definition) is 2. The third kappa shape index (κ3) is 5.57. The molecule has 0 fully saturated rings. The molecule has 0 spiro atoms. The lowest BCUT2D eigenvalue weighted by Gasteiger charge is -2.16. The average Bonchev–Trinajstić information content (AvgIpc) is 3.28. The van der Waals surface area contributed by atoms with Gasteiger partial charge in [0.05, 0.1) is 11.4 Å². The van der Waals surface area contributed by atoms with Crippen LogP contribution < -0.4 is 0 Å². The maximum absolute atomic E-state index is 4.76. The molecule has 2 heteroatoms. The summed E-state index contributed by atoms with van der Waals surface area (Å²) in [5, 5.41) is 12.7. The maximum atomic E-state index is 4.76. The number of hydrogen-bond donors (Lipinski definition) is 0. The monoisotopic (exact) mass is 724 g/mol. The second-order valence-corrected chi connectivity index (χ2v) is 15.0. The summed E-state index contributed by atoms with van der Waals surface area (Å²) in [6, 6.07) is 68.4. The lowest BCUT2D eigenvalue weighted by molar-refractivity contribution is 1.25. The van der Waals surface area contributed by atoms with Gasteiger partial charge in [0.2, 0.25) is 0 Å². The van der Waals surface area contributed by atoms with E-state index in [-0.39, 0.29) is 0 Å². The molecule has 2 heterocycles. The molecule has 57 heavy (non-hydrogen) atoms. The third-order valence-corrected chi connectivity index (χ3v) is 11.7. The molecule has 0 N–H and O–H groups in total. The largest absolute Gasteiger partial charge is 0.255 e. The van der Waals surface area contributed by atoms with Crippen molar-refractivity contribution in [1.82, 2.24) is 9.97 Å². The van der Waals surface area contributed by atoms with Crippen LogP contribution >= 0.6 is 0 Å². The molecule has 11 rings (SSSR count). The molecular weight excluding hydrogens is 689 g/mol. The lowest BCUT2D eigenvalue weighted by Crippen LogP contribution is -1.90. The number of rotatable bonds is 5. The first-order chi connectivity index (χ1) is 28.2. The zero-order chi connectivity index (χ0) is 37.9. The zero-order valence-electron chi connectivity index (χ0n) is 31.4. The molecule has 0 aliphatic rings. The van der Waals surface area contributed by atoms with E-state index in [4.69, 9.17) is 4.98 Å². The highest BCUT2D eigenvalue weighted by Gasteiger charge is 2.15. The number of benzene rings is 9. The van der Waals surface area contributed by atoms with Crippen molar-refractivity contribution in [2.75, 3.05) is 0 Å². The quantitative estimate of drug-likeness (QED) is 0.165. The summed E-state index contributed by atoms with van der Waals surface area (Å²) in [5.74, 6) is 0. The minimum Gasteiger partial charge on any atom is -0.255 e. The second-order valence-electron chi connectivity index (χ2n) is 15.0. The Morgan fingerprint density at radius 3 is 1.60 bits per heavy atom. The van der Waals surface area contributed by atoms with Gasteiger partial charge in [-0.2, -0.15) is 0 Å². The van der Waals surface area contributed by atoms with Crippen LogP contribution in [-0.2, 0) is 0 Å². The van der Waals surface area contributed by atoms with Gasteiger partial charge in [-0.25, -0.2) is 0 Å². The minimum absolute atomic E-state index is 0.870. The predicted octanol–water partition coefficient (Wildman–Crippen LogP) is 14.9. The van der Waals surface area contributed by atoms with Crippen molar-refractivity contribution in [3.05, 3.63) is 206 Å². The van der Waals surface area contributed by atoms with Crippen molar-refractivity contribution in [1.29, 1.82) is 0 Å². The molecule has 2 aromatic heterocycles. The molecule has 0 atom stereocenters. The molecule has 0 saturated carbocycles. The molecule has 266 valence electrons. The standard InChI is InChI=1S/C55H36N2/c1-35-9-6-10-38-22-23-40-12-8-16-50(55(40)53(35)38)49-15-7-11-39-24-25-42-33-41(26-28-46(42)54(39)49)36-18-20-37(21-19-36)44-29-30-45(48-14-3-2-13-47(44)48)43-27-31-52(57-34-43)51-17-4-5-32-56-51/h2-34H,1H3. The summed E-state index contributed by atoms with van der Waals surface area (Å²) in [5.41, 5.74) is 12.7. The first-order valence-corrected chi connectivity index (χ1v) is 19.6. The summed E-state index contributed by atoms with van der Waals surface area (Å²) in [7, 11) is 0. The predicted molar refractivity (Wildman–Crippen MR) is 241 cm³/mol. The number of aryl methyl sites for hydroxylation is 1. The highest BCUT2D eigenvalue weighted by atomic mass is 14.8. The summed E-state index contributed by atoms with van der Waals surface area (Å²) in [6.45, 7) is 2.23. The topological polar surface area (TPSA) is 25.8 Å². The van der Waals surface area contributed by atoms with E-state index in [1.54, 1.807) is 6.20 Å². The van der Waals surface area contributed by atoms with Gasteiger partial charge in [-0.15, -0.1) is 0 Å². The smallest absolute Gasteiger partial charge is 0.0886 e. The zero-order valence-corrected chi connectivity index (χ0v) is 31.4. The molecule has 2 nitrogen and oxygen atoms in total. The molecule has 0 bridgehead atoms. The Hall–Kier alpha value is -7.42. The Bertz CT molecular complexity index is 3330. The van der Waals surface area contributed by atoms with Gasteiger partial charge in [0, 0.05) is 18.0 Å². The van der Waals surface area contributed by atoms with Crippen LogP contribution in [0.5, 0.6) is 0 Å². The molecule has 0 aliphatic heterocycles. The highest BCUT2D eigenvalue weighted by molar-refractivity contribution is 6.21. The lowest BCUT2D eigenvalue weighted by atomic mass is 9.88. The Kier molecular flexibility index (Phi) is 7.75. The van der Waals surface area contributed by atoms with E-state index in [0.717, 1.165) is 17.0 Å².